The summed E-state index contributed by atoms with van der Waals surface area (Å²) in [5.41, 5.74) is 0. The molecule has 0 heterocycles. The topological polar surface area (TPSA) is 75.6 Å². The summed E-state index contributed by atoms with van der Waals surface area (Å²) in [6.07, 6.45) is -5.10. The molecule has 0 aromatic rings. The molecular formula is C6H8F3NO4. The van der Waals surface area contributed by atoms with E-state index < -0.39 is 30.7 Å². The molecule has 0 spiro atoms. The fourth-order valence-electron chi connectivity index (χ4n) is 0.581. The smallest absolute Gasteiger partial charge is 0.471 e. The Morgan fingerprint density at radius 3 is 2.29 bits per heavy atom. The largest absolute Gasteiger partial charge is 0.480 e. The van der Waals surface area contributed by atoms with Gasteiger partial charge in [-0.2, -0.15) is 13.2 Å². The molecule has 0 aromatic carbocycles. The maximum Gasteiger partial charge on any atom is 0.471 e. The van der Waals surface area contributed by atoms with E-state index in [-0.39, 0.29) is 0 Å². The summed E-state index contributed by atoms with van der Waals surface area (Å²) in [4.78, 5) is 20.6. The minimum Gasteiger partial charge on any atom is -0.480 e. The number of carbonyl (C=O) groups is 2. The van der Waals surface area contributed by atoms with Crippen LogP contribution in [0, 0.1) is 0 Å². The number of amides is 1. The summed E-state index contributed by atoms with van der Waals surface area (Å²) in [7, 11) is 1.11. The van der Waals surface area contributed by atoms with Gasteiger partial charge in [-0.1, -0.05) is 0 Å². The molecule has 0 aliphatic heterocycles. The van der Waals surface area contributed by atoms with Crippen LogP contribution in [0.15, 0.2) is 0 Å². The molecule has 1 amide bonds. The Bertz CT molecular complexity index is 228. The number of aliphatic carboxylic acids is 1. The number of hydrogen-bond acceptors (Lipinski definition) is 3. The Hall–Kier alpha value is -1.31. The van der Waals surface area contributed by atoms with Crippen molar-refractivity contribution in [3.8, 4) is 0 Å². The zero-order chi connectivity index (χ0) is 11.4. The van der Waals surface area contributed by atoms with Crippen molar-refractivity contribution in [3.63, 3.8) is 0 Å². The van der Waals surface area contributed by atoms with Crippen molar-refractivity contribution in [2.45, 2.75) is 12.2 Å². The van der Waals surface area contributed by atoms with Gasteiger partial charge in [0.1, 0.15) is 0 Å². The minimum atomic E-state index is -5.10. The summed E-state index contributed by atoms with van der Waals surface area (Å²) in [6.45, 7) is -0.531. The van der Waals surface area contributed by atoms with Gasteiger partial charge in [-0.05, 0) is 0 Å². The highest BCUT2D eigenvalue weighted by molar-refractivity contribution is 5.86. The van der Waals surface area contributed by atoms with Gasteiger partial charge >= 0.3 is 18.1 Å². The van der Waals surface area contributed by atoms with Crippen LogP contribution in [-0.2, 0) is 14.3 Å². The molecule has 0 radical (unpaired) electrons. The predicted molar refractivity (Wildman–Crippen MR) is 37.5 cm³/mol. The van der Waals surface area contributed by atoms with Crippen LogP contribution in [-0.4, -0.2) is 42.9 Å². The van der Waals surface area contributed by atoms with Crippen molar-refractivity contribution in [2.24, 2.45) is 0 Å². The average Bonchev–Trinajstić information content (AvgIpc) is 2.01. The van der Waals surface area contributed by atoms with Crippen LogP contribution in [0.4, 0.5) is 13.2 Å². The molecule has 14 heavy (non-hydrogen) atoms. The molecular weight excluding hydrogens is 207 g/mol. The number of alkyl halides is 3. The summed E-state index contributed by atoms with van der Waals surface area (Å²) < 4.78 is 39.3. The van der Waals surface area contributed by atoms with E-state index in [1.807, 2.05) is 0 Å². The van der Waals surface area contributed by atoms with Crippen LogP contribution >= 0.6 is 0 Å². The van der Waals surface area contributed by atoms with Crippen LogP contribution < -0.4 is 5.32 Å². The van der Waals surface area contributed by atoms with Gasteiger partial charge in [-0.3, -0.25) is 4.79 Å². The maximum absolute atomic E-state index is 11.7. The fourth-order valence-corrected chi connectivity index (χ4v) is 0.581. The van der Waals surface area contributed by atoms with Gasteiger partial charge in [0.2, 0.25) is 0 Å². The molecule has 2 N–H and O–H groups in total. The quantitative estimate of drug-likeness (QED) is 0.678. The molecule has 0 aromatic heterocycles. The van der Waals surface area contributed by atoms with Crippen LogP contribution in [0.1, 0.15) is 0 Å². The third-order valence-corrected chi connectivity index (χ3v) is 1.19. The second-order valence-electron chi connectivity index (χ2n) is 2.32. The van der Waals surface area contributed by atoms with Crippen molar-refractivity contribution < 1.29 is 32.6 Å². The Balaban J connectivity index is 4.31. The van der Waals surface area contributed by atoms with E-state index in [1.54, 1.807) is 0 Å². The molecule has 0 bridgehead atoms. The van der Waals surface area contributed by atoms with E-state index >= 15 is 0 Å². The van der Waals surface area contributed by atoms with E-state index in [0.29, 0.717) is 0 Å². The summed E-state index contributed by atoms with van der Waals surface area (Å²) in [5.74, 6) is -3.90. The number of halogens is 3. The lowest BCUT2D eigenvalue weighted by atomic mass is 10.3. The number of nitrogens with one attached hydrogen (secondary N) is 1. The van der Waals surface area contributed by atoms with E-state index in [9.17, 15) is 22.8 Å². The molecule has 0 saturated carbocycles. The molecule has 0 saturated heterocycles. The van der Waals surface area contributed by atoms with Crippen molar-refractivity contribution in [2.75, 3.05) is 13.7 Å². The normalized spacial score (nSPS) is 13.4. The maximum atomic E-state index is 11.7. The molecule has 82 valence electrons. The van der Waals surface area contributed by atoms with Gasteiger partial charge in [-0.15, -0.1) is 0 Å². The highest BCUT2D eigenvalue weighted by Gasteiger charge is 2.40. The standard InChI is InChI=1S/C6H8F3NO4/c1-14-2-3(4(11)12)10-5(13)6(7,8)9/h3H,2H2,1H3,(H,10,13)(H,11,12)/t3-/m0/s1. The molecule has 1 atom stereocenters. The minimum absolute atomic E-state index is 0.531. The van der Waals surface area contributed by atoms with Gasteiger partial charge in [-0.25, -0.2) is 4.79 Å². The number of methoxy groups -OCH3 is 1. The highest BCUT2D eigenvalue weighted by Crippen LogP contribution is 2.14. The number of ether oxygens (including phenoxy) is 1. The first kappa shape index (κ1) is 12.7. The van der Waals surface area contributed by atoms with Crippen molar-refractivity contribution in [3.05, 3.63) is 0 Å². The first-order valence-corrected chi connectivity index (χ1v) is 3.38. The lowest BCUT2D eigenvalue weighted by molar-refractivity contribution is -0.176. The number of carboxylic acids is 1. The number of carbonyl (C=O) groups excluding carboxylic acids is 1. The lowest BCUT2D eigenvalue weighted by Crippen LogP contribution is -2.48. The zero-order valence-electron chi connectivity index (χ0n) is 7.09. The Labute approximate surface area is 76.8 Å². The van der Waals surface area contributed by atoms with Gasteiger partial charge in [0.05, 0.1) is 6.61 Å². The molecule has 0 unspecified atom stereocenters. The average molecular weight is 215 g/mol. The SMILES string of the molecule is COC[C@H](NC(=O)C(F)(F)F)C(=O)O. The summed E-state index contributed by atoms with van der Waals surface area (Å²) >= 11 is 0. The van der Waals surface area contributed by atoms with Crippen LogP contribution in [0.3, 0.4) is 0 Å². The highest BCUT2D eigenvalue weighted by atomic mass is 19.4. The zero-order valence-corrected chi connectivity index (χ0v) is 7.09. The Kier molecular flexibility index (Phi) is 4.35. The van der Waals surface area contributed by atoms with E-state index in [0.717, 1.165) is 7.11 Å². The predicted octanol–water partition coefficient (Wildman–Crippen LogP) is -0.236. The van der Waals surface area contributed by atoms with E-state index in [2.05, 4.69) is 4.74 Å². The lowest BCUT2D eigenvalue weighted by Gasteiger charge is -2.14. The molecule has 0 fully saturated rings. The van der Waals surface area contributed by atoms with Crippen LogP contribution in [0.25, 0.3) is 0 Å². The first-order valence-electron chi connectivity index (χ1n) is 3.38. The van der Waals surface area contributed by atoms with Gasteiger partial charge in [0.25, 0.3) is 0 Å². The van der Waals surface area contributed by atoms with Gasteiger partial charge in [0, 0.05) is 7.11 Å². The first-order chi connectivity index (χ1) is 6.29. The molecule has 0 aliphatic rings. The third kappa shape index (κ3) is 4.08. The van der Waals surface area contributed by atoms with Crippen LogP contribution in [0.5, 0.6) is 0 Å². The van der Waals surface area contributed by atoms with Gasteiger partial charge < -0.3 is 15.2 Å². The van der Waals surface area contributed by atoms with Crippen LogP contribution in [0.2, 0.25) is 0 Å². The number of rotatable bonds is 4. The van der Waals surface area contributed by atoms with E-state index in [4.69, 9.17) is 5.11 Å². The van der Waals surface area contributed by atoms with Gasteiger partial charge in [0.15, 0.2) is 6.04 Å². The summed E-state index contributed by atoms with van der Waals surface area (Å²) in [6, 6.07) is -1.70. The molecule has 8 heteroatoms. The fraction of sp³-hybridized carbons (Fsp3) is 0.667. The van der Waals surface area contributed by atoms with Crippen molar-refractivity contribution in [1.29, 1.82) is 0 Å². The van der Waals surface area contributed by atoms with E-state index in [1.165, 1.54) is 5.32 Å². The van der Waals surface area contributed by atoms with Crippen molar-refractivity contribution in [1.82, 2.24) is 5.32 Å². The third-order valence-electron chi connectivity index (χ3n) is 1.19. The number of carboxylic acid groups (broad SMARTS) is 1. The Morgan fingerprint density at radius 2 is 2.00 bits per heavy atom. The number of hydrogen-bond donors (Lipinski definition) is 2. The summed E-state index contributed by atoms with van der Waals surface area (Å²) in [5, 5.41) is 9.63. The monoisotopic (exact) mass is 215 g/mol. The molecule has 0 aliphatic carbocycles. The van der Waals surface area contributed by atoms with Crippen molar-refractivity contribution >= 4 is 11.9 Å². The second kappa shape index (κ2) is 4.80. The molecule has 0 rings (SSSR count). The second-order valence-corrected chi connectivity index (χ2v) is 2.32. The molecule has 5 nitrogen and oxygen atoms in total. The Morgan fingerprint density at radius 1 is 1.50 bits per heavy atom.